The van der Waals surface area contributed by atoms with Crippen molar-refractivity contribution in [3.05, 3.63) is 47.7 Å². The summed E-state index contributed by atoms with van der Waals surface area (Å²) < 4.78 is 10.8. The normalized spacial score (nSPS) is 13.6. The minimum absolute atomic E-state index is 0.412. The lowest BCUT2D eigenvalue weighted by Gasteiger charge is -2.06. The molecule has 0 spiro atoms. The highest BCUT2D eigenvalue weighted by Gasteiger charge is 2.27. The van der Waals surface area contributed by atoms with Gasteiger partial charge in [-0.25, -0.2) is 4.98 Å². The highest BCUT2D eigenvalue weighted by atomic mass is 16.5. The highest BCUT2D eigenvalue weighted by Crippen LogP contribution is 2.22. The average molecular weight is 241 g/mol. The number of hydrogen-bond donors (Lipinski definition) is 1. The van der Waals surface area contributed by atoms with Gasteiger partial charge in [0.25, 0.3) is 0 Å². The van der Waals surface area contributed by atoms with Crippen LogP contribution in [0.4, 0.5) is 0 Å². The Bertz CT molecular complexity index is 571. The molecular weight excluding hydrogens is 229 g/mol. The summed E-state index contributed by atoms with van der Waals surface area (Å²) in [7, 11) is -0.813. The number of fused-ring (bicyclic) bond motifs is 1. The van der Waals surface area contributed by atoms with Crippen LogP contribution in [0.3, 0.4) is 0 Å². The number of rotatable bonds is 2. The summed E-state index contributed by atoms with van der Waals surface area (Å²) in [6, 6.07) is 9.26. The number of aromatic nitrogens is 1. The third-order valence-electron chi connectivity index (χ3n) is 2.88. The summed E-state index contributed by atoms with van der Waals surface area (Å²) in [4.78, 5) is 4.18. The Morgan fingerprint density at radius 1 is 1.33 bits per heavy atom. The van der Waals surface area contributed by atoms with Crippen LogP contribution >= 0.6 is 0 Å². The summed E-state index contributed by atoms with van der Waals surface area (Å²) in [5.41, 5.74) is 2.85. The van der Waals surface area contributed by atoms with Gasteiger partial charge in [-0.1, -0.05) is 12.1 Å². The first-order valence-electron chi connectivity index (χ1n) is 5.75. The zero-order valence-corrected chi connectivity index (χ0v) is 9.96. The van der Waals surface area contributed by atoms with Gasteiger partial charge in [0.05, 0.1) is 6.61 Å². The molecule has 0 bridgehead atoms. The lowest BCUT2D eigenvalue weighted by molar-refractivity contribution is 0.275. The van der Waals surface area contributed by atoms with Crippen LogP contribution in [-0.2, 0) is 11.3 Å². The SMILES string of the molecule is Cc1ccc(Oc2ccc3c(c2)COB3O)nc1. The maximum atomic E-state index is 9.52. The number of nitrogens with zero attached hydrogens (tertiary/aromatic N) is 1. The van der Waals surface area contributed by atoms with Crippen molar-refractivity contribution in [3.8, 4) is 11.6 Å². The number of pyridine rings is 1. The van der Waals surface area contributed by atoms with Gasteiger partial charge in [0.15, 0.2) is 0 Å². The Morgan fingerprint density at radius 2 is 2.22 bits per heavy atom. The molecule has 18 heavy (non-hydrogen) atoms. The first-order chi connectivity index (χ1) is 8.72. The van der Waals surface area contributed by atoms with Crippen LogP contribution in [0.5, 0.6) is 11.6 Å². The number of benzene rings is 1. The molecule has 0 fully saturated rings. The first-order valence-corrected chi connectivity index (χ1v) is 5.75. The molecule has 1 aliphatic rings. The second-order valence-corrected chi connectivity index (χ2v) is 4.30. The number of aryl methyl sites for hydroxylation is 1. The average Bonchev–Trinajstić information content (AvgIpc) is 2.74. The lowest BCUT2D eigenvalue weighted by Crippen LogP contribution is -2.27. The summed E-state index contributed by atoms with van der Waals surface area (Å²) >= 11 is 0. The van der Waals surface area contributed by atoms with E-state index in [1.165, 1.54) is 0 Å². The van der Waals surface area contributed by atoms with Crippen LogP contribution in [-0.4, -0.2) is 17.1 Å². The molecule has 5 heteroatoms. The molecule has 0 saturated carbocycles. The van der Waals surface area contributed by atoms with E-state index in [0.29, 0.717) is 18.2 Å². The fourth-order valence-corrected chi connectivity index (χ4v) is 1.91. The van der Waals surface area contributed by atoms with Crippen LogP contribution in [0, 0.1) is 6.92 Å². The molecule has 0 radical (unpaired) electrons. The molecule has 1 aromatic heterocycles. The molecule has 1 N–H and O–H groups in total. The summed E-state index contributed by atoms with van der Waals surface area (Å²) in [5, 5.41) is 9.52. The molecule has 0 saturated heterocycles. The van der Waals surface area contributed by atoms with Crippen LogP contribution in [0.25, 0.3) is 0 Å². The van der Waals surface area contributed by atoms with Crippen molar-refractivity contribution >= 4 is 12.6 Å². The van der Waals surface area contributed by atoms with E-state index in [-0.39, 0.29) is 0 Å². The van der Waals surface area contributed by atoms with Crippen LogP contribution in [0.15, 0.2) is 36.5 Å². The maximum Gasteiger partial charge on any atom is 0.491 e. The van der Waals surface area contributed by atoms with Crippen molar-refractivity contribution in [1.29, 1.82) is 0 Å². The molecule has 0 amide bonds. The summed E-state index contributed by atoms with van der Waals surface area (Å²) in [6.07, 6.45) is 1.76. The predicted molar refractivity (Wildman–Crippen MR) is 67.9 cm³/mol. The minimum atomic E-state index is -0.813. The van der Waals surface area contributed by atoms with E-state index in [4.69, 9.17) is 9.39 Å². The van der Waals surface area contributed by atoms with Gasteiger partial charge in [0.1, 0.15) is 5.75 Å². The van der Waals surface area contributed by atoms with Gasteiger partial charge in [-0.2, -0.15) is 0 Å². The zero-order valence-electron chi connectivity index (χ0n) is 9.96. The topological polar surface area (TPSA) is 51.6 Å². The van der Waals surface area contributed by atoms with E-state index >= 15 is 0 Å². The fraction of sp³-hybridized carbons (Fsp3) is 0.154. The molecule has 0 atom stereocenters. The van der Waals surface area contributed by atoms with E-state index in [2.05, 4.69) is 4.98 Å². The summed E-state index contributed by atoms with van der Waals surface area (Å²) in [5.74, 6) is 1.25. The second-order valence-electron chi connectivity index (χ2n) is 4.30. The smallest absolute Gasteiger partial charge is 0.439 e. The number of hydrogen-bond acceptors (Lipinski definition) is 4. The molecule has 0 unspecified atom stereocenters. The van der Waals surface area contributed by atoms with Gasteiger partial charge in [0.2, 0.25) is 5.88 Å². The lowest BCUT2D eigenvalue weighted by atomic mass is 9.80. The van der Waals surface area contributed by atoms with Crippen molar-refractivity contribution in [3.63, 3.8) is 0 Å². The van der Waals surface area contributed by atoms with Crippen molar-refractivity contribution in [2.75, 3.05) is 0 Å². The van der Waals surface area contributed by atoms with E-state index in [0.717, 1.165) is 16.6 Å². The molecule has 3 rings (SSSR count). The molecule has 90 valence electrons. The van der Waals surface area contributed by atoms with Crippen molar-refractivity contribution in [1.82, 2.24) is 4.98 Å². The molecule has 1 aliphatic heterocycles. The van der Waals surface area contributed by atoms with E-state index in [9.17, 15) is 5.02 Å². The molecule has 4 nitrogen and oxygen atoms in total. The quantitative estimate of drug-likeness (QED) is 0.807. The molecule has 1 aromatic carbocycles. The van der Waals surface area contributed by atoms with Gasteiger partial charge in [-0.3, -0.25) is 0 Å². The second kappa shape index (κ2) is 4.44. The third-order valence-corrected chi connectivity index (χ3v) is 2.88. The Morgan fingerprint density at radius 3 is 3.00 bits per heavy atom. The third kappa shape index (κ3) is 2.10. The zero-order chi connectivity index (χ0) is 12.5. The van der Waals surface area contributed by atoms with E-state index < -0.39 is 7.12 Å². The van der Waals surface area contributed by atoms with Gasteiger partial charge in [-0.15, -0.1) is 0 Å². The summed E-state index contributed by atoms with van der Waals surface area (Å²) in [6.45, 7) is 2.39. The van der Waals surface area contributed by atoms with Gasteiger partial charge >= 0.3 is 7.12 Å². The Balaban J connectivity index is 1.84. The highest BCUT2D eigenvalue weighted by molar-refractivity contribution is 6.61. The van der Waals surface area contributed by atoms with Crippen molar-refractivity contribution in [2.45, 2.75) is 13.5 Å². The van der Waals surface area contributed by atoms with Crippen LogP contribution in [0.1, 0.15) is 11.1 Å². The van der Waals surface area contributed by atoms with E-state index in [1.54, 1.807) is 12.3 Å². The van der Waals surface area contributed by atoms with Crippen molar-refractivity contribution in [2.24, 2.45) is 0 Å². The molecule has 2 heterocycles. The fourth-order valence-electron chi connectivity index (χ4n) is 1.91. The number of ether oxygens (including phenoxy) is 1. The predicted octanol–water partition coefficient (Wildman–Crippen LogP) is 1.40. The van der Waals surface area contributed by atoms with Gasteiger partial charge in [-0.05, 0) is 35.6 Å². The first kappa shape index (κ1) is 11.3. The van der Waals surface area contributed by atoms with Gasteiger partial charge < -0.3 is 14.4 Å². The van der Waals surface area contributed by atoms with Crippen LogP contribution < -0.4 is 10.2 Å². The van der Waals surface area contributed by atoms with Crippen LogP contribution in [0.2, 0.25) is 0 Å². The van der Waals surface area contributed by atoms with Gasteiger partial charge in [0, 0.05) is 12.3 Å². The molecular formula is C13H12BNO3. The Kier molecular flexibility index (Phi) is 2.78. The minimum Gasteiger partial charge on any atom is -0.439 e. The Labute approximate surface area is 105 Å². The largest absolute Gasteiger partial charge is 0.491 e. The van der Waals surface area contributed by atoms with E-state index in [1.807, 2.05) is 31.2 Å². The monoisotopic (exact) mass is 241 g/mol. The Hall–Kier alpha value is -1.85. The molecule has 0 aliphatic carbocycles. The maximum absolute atomic E-state index is 9.52. The van der Waals surface area contributed by atoms with Crippen molar-refractivity contribution < 1.29 is 14.4 Å². The molecule has 2 aromatic rings. The standard InChI is InChI=1S/C13H12BNO3/c1-9-2-5-13(15-7-9)18-11-3-4-12-10(6-11)8-17-14(12)16/h2-7,16H,8H2,1H3.